The van der Waals surface area contributed by atoms with E-state index in [2.05, 4.69) is 21.6 Å². The Hall–Kier alpha value is -0.690. The monoisotopic (exact) mass is 327 g/mol. The zero-order chi connectivity index (χ0) is 16.7. The molecule has 0 amide bonds. The molecule has 0 radical (unpaired) electrons. The third-order valence-electron chi connectivity index (χ3n) is 5.43. The number of piperidine rings is 1. The van der Waals surface area contributed by atoms with E-state index in [0.717, 1.165) is 78.0 Å². The van der Waals surface area contributed by atoms with Crippen LogP contribution in [0.5, 0.6) is 0 Å². The van der Waals surface area contributed by atoms with E-state index in [-0.39, 0.29) is 18.6 Å². The van der Waals surface area contributed by atoms with E-state index in [9.17, 15) is 9.90 Å². The van der Waals surface area contributed by atoms with Crippen molar-refractivity contribution in [3.8, 4) is 0 Å². The fraction of sp³-hybridized carbons (Fsp3) is 0.941. The highest BCUT2D eigenvalue weighted by atomic mass is 16.4. The second-order valence-electron chi connectivity index (χ2n) is 6.86. The van der Waals surface area contributed by atoms with Crippen molar-refractivity contribution in [3.05, 3.63) is 0 Å². The summed E-state index contributed by atoms with van der Waals surface area (Å²) in [6.07, 6.45) is 3.88. The van der Waals surface area contributed by atoms with Crippen LogP contribution in [0.3, 0.4) is 0 Å². The van der Waals surface area contributed by atoms with Crippen molar-refractivity contribution in [3.63, 3.8) is 0 Å². The van der Waals surface area contributed by atoms with E-state index < -0.39 is 5.97 Å². The van der Waals surface area contributed by atoms with Crippen LogP contribution in [0, 0.1) is 5.92 Å². The lowest BCUT2D eigenvalue weighted by molar-refractivity contribution is -0.146. The van der Waals surface area contributed by atoms with Crippen LogP contribution >= 0.6 is 0 Å². The van der Waals surface area contributed by atoms with Gasteiger partial charge in [-0.05, 0) is 45.3 Å². The van der Waals surface area contributed by atoms with Gasteiger partial charge in [-0.1, -0.05) is 6.92 Å². The molecule has 0 saturated carbocycles. The first-order chi connectivity index (χ1) is 11.2. The van der Waals surface area contributed by atoms with Crippen LogP contribution in [0.25, 0.3) is 0 Å². The summed E-state index contributed by atoms with van der Waals surface area (Å²) in [6.45, 7) is 10.5. The summed E-state index contributed by atoms with van der Waals surface area (Å²) in [4.78, 5) is 18.6. The van der Waals surface area contributed by atoms with Gasteiger partial charge in [-0.3, -0.25) is 14.6 Å². The number of carbonyl (C=O) groups is 1. The number of hydrogen-bond donors (Lipinski definition) is 2. The summed E-state index contributed by atoms with van der Waals surface area (Å²) < 4.78 is 0. The highest BCUT2D eigenvalue weighted by Crippen LogP contribution is 2.26. The van der Waals surface area contributed by atoms with Gasteiger partial charge < -0.3 is 15.1 Å². The number of rotatable bonds is 8. The first-order valence-corrected chi connectivity index (χ1v) is 9.18. The zero-order valence-corrected chi connectivity index (χ0v) is 14.5. The van der Waals surface area contributed by atoms with Crippen LogP contribution in [-0.4, -0.2) is 95.9 Å². The molecule has 2 fully saturated rings. The van der Waals surface area contributed by atoms with Gasteiger partial charge in [-0.25, -0.2) is 0 Å². The molecular formula is C17H33N3O3. The van der Waals surface area contributed by atoms with E-state index in [1.165, 1.54) is 0 Å². The minimum absolute atomic E-state index is 0.184. The van der Waals surface area contributed by atoms with E-state index in [1.807, 2.05) is 0 Å². The Kier molecular flexibility index (Phi) is 7.76. The maximum atomic E-state index is 11.4. The van der Waals surface area contributed by atoms with Crippen LogP contribution < -0.4 is 0 Å². The first-order valence-electron chi connectivity index (χ1n) is 9.18. The number of hydrogen-bond acceptors (Lipinski definition) is 5. The molecule has 6 nitrogen and oxygen atoms in total. The second-order valence-corrected chi connectivity index (χ2v) is 6.86. The molecule has 0 aromatic rings. The number of nitrogens with zero attached hydrogens (tertiary/aromatic N) is 3. The number of aliphatic hydroxyl groups is 1. The van der Waals surface area contributed by atoms with E-state index in [4.69, 9.17) is 5.11 Å². The van der Waals surface area contributed by atoms with Crippen LogP contribution in [0.4, 0.5) is 0 Å². The molecule has 0 aromatic carbocycles. The van der Waals surface area contributed by atoms with Crippen molar-refractivity contribution >= 4 is 5.97 Å². The van der Waals surface area contributed by atoms with E-state index >= 15 is 0 Å². The van der Waals surface area contributed by atoms with Gasteiger partial charge in [-0.2, -0.15) is 0 Å². The molecule has 23 heavy (non-hydrogen) atoms. The molecule has 0 spiro atoms. The van der Waals surface area contributed by atoms with Crippen molar-refractivity contribution in [1.29, 1.82) is 0 Å². The highest BCUT2D eigenvalue weighted by molar-refractivity contribution is 5.71. The number of β-amino-alcohol motifs (C(OH)–C–C–N with tert-alkyl or cyclic N) is 1. The minimum atomic E-state index is -0.624. The molecule has 6 heteroatoms. The number of piperazine rings is 1. The Morgan fingerprint density at radius 1 is 1.04 bits per heavy atom. The Morgan fingerprint density at radius 2 is 1.70 bits per heavy atom. The number of aliphatic hydroxyl groups excluding tert-OH is 1. The first kappa shape index (κ1) is 18.6. The fourth-order valence-electron chi connectivity index (χ4n) is 4.11. The summed E-state index contributed by atoms with van der Waals surface area (Å²) in [5.74, 6) is -0.808. The van der Waals surface area contributed by atoms with Crippen LogP contribution in [0.1, 0.15) is 32.6 Å². The minimum Gasteiger partial charge on any atom is -0.481 e. The molecule has 2 N–H and O–H groups in total. The molecule has 2 heterocycles. The molecule has 2 aliphatic heterocycles. The summed E-state index contributed by atoms with van der Waals surface area (Å²) in [5, 5.41) is 18.4. The summed E-state index contributed by atoms with van der Waals surface area (Å²) >= 11 is 0. The molecule has 2 aliphatic rings. The standard InChI is InChI=1S/C17H33N3O3/c1-2-16-15(17(22)23)5-3-7-20(16)8-4-6-18-9-11-19(12-10-18)13-14-21/h15-16,21H,2-14H2,1H3,(H,22,23). The van der Waals surface area contributed by atoms with Gasteiger partial charge in [0.2, 0.25) is 0 Å². The third-order valence-corrected chi connectivity index (χ3v) is 5.43. The Morgan fingerprint density at radius 3 is 2.26 bits per heavy atom. The number of likely N-dealkylation sites (tertiary alicyclic amines) is 1. The maximum absolute atomic E-state index is 11.4. The molecule has 0 bridgehead atoms. The molecule has 2 rings (SSSR count). The average Bonchev–Trinajstić information content (AvgIpc) is 2.56. The average molecular weight is 327 g/mol. The maximum Gasteiger partial charge on any atom is 0.308 e. The predicted molar refractivity (Wildman–Crippen MR) is 90.6 cm³/mol. The van der Waals surface area contributed by atoms with Crippen molar-refractivity contribution in [1.82, 2.24) is 14.7 Å². The van der Waals surface area contributed by atoms with Gasteiger partial charge in [0.15, 0.2) is 0 Å². The number of carboxylic acids is 1. The molecule has 0 aliphatic carbocycles. The lowest BCUT2D eigenvalue weighted by atomic mass is 9.87. The lowest BCUT2D eigenvalue weighted by Gasteiger charge is -2.40. The van der Waals surface area contributed by atoms with Crippen molar-refractivity contribution in [2.45, 2.75) is 38.6 Å². The highest BCUT2D eigenvalue weighted by Gasteiger charge is 2.34. The smallest absolute Gasteiger partial charge is 0.308 e. The lowest BCUT2D eigenvalue weighted by Crippen LogP contribution is -2.49. The Balaban J connectivity index is 1.70. The van der Waals surface area contributed by atoms with Gasteiger partial charge in [0.05, 0.1) is 12.5 Å². The van der Waals surface area contributed by atoms with Crippen molar-refractivity contribution in [2.24, 2.45) is 5.92 Å². The summed E-state index contributed by atoms with van der Waals surface area (Å²) in [6, 6.07) is 0.211. The van der Waals surface area contributed by atoms with E-state index in [0.29, 0.717) is 0 Å². The third kappa shape index (κ3) is 5.41. The van der Waals surface area contributed by atoms with Gasteiger partial charge in [-0.15, -0.1) is 0 Å². The zero-order valence-electron chi connectivity index (χ0n) is 14.5. The quantitative estimate of drug-likeness (QED) is 0.679. The van der Waals surface area contributed by atoms with Gasteiger partial charge in [0.1, 0.15) is 0 Å². The molecule has 2 atom stereocenters. The molecule has 2 unspecified atom stereocenters. The number of carboxylic acid groups (broad SMARTS) is 1. The Labute approximate surface area is 140 Å². The molecule has 0 aromatic heterocycles. The number of aliphatic carboxylic acids is 1. The largest absolute Gasteiger partial charge is 0.481 e. The second kappa shape index (κ2) is 9.57. The van der Waals surface area contributed by atoms with Gasteiger partial charge in [0, 0.05) is 38.8 Å². The molecule has 2 saturated heterocycles. The molecular weight excluding hydrogens is 294 g/mol. The van der Waals surface area contributed by atoms with Gasteiger partial charge in [0.25, 0.3) is 0 Å². The predicted octanol–water partition coefficient (Wildman–Crippen LogP) is 0.562. The van der Waals surface area contributed by atoms with Crippen LogP contribution in [0.15, 0.2) is 0 Å². The SMILES string of the molecule is CCC1C(C(=O)O)CCCN1CCCN1CCN(CCO)CC1. The molecule has 134 valence electrons. The summed E-state index contributed by atoms with van der Waals surface area (Å²) in [7, 11) is 0. The van der Waals surface area contributed by atoms with Crippen LogP contribution in [0.2, 0.25) is 0 Å². The van der Waals surface area contributed by atoms with Crippen molar-refractivity contribution < 1.29 is 15.0 Å². The fourth-order valence-corrected chi connectivity index (χ4v) is 4.11. The normalized spacial score (nSPS) is 28.1. The van der Waals surface area contributed by atoms with Crippen LogP contribution in [-0.2, 0) is 4.79 Å². The Bertz CT molecular complexity index is 359. The van der Waals surface area contributed by atoms with Gasteiger partial charge >= 0.3 is 5.97 Å². The van der Waals surface area contributed by atoms with Crippen molar-refractivity contribution in [2.75, 3.05) is 59.0 Å². The van der Waals surface area contributed by atoms with E-state index in [1.54, 1.807) is 0 Å². The summed E-state index contributed by atoms with van der Waals surface area (Å²) in [5.41, 5.74) is 0. The topological polar surface area (TPSA) is 67.2 Å².